The van der Waals surface area contributed by atoms with E-state index in [2.05, 4.69) is 22.2 Å². The van der Waals surface area contributed by atoms with E-state index in [-0.39, 0.29) is 17.7 Å². The molecule has 142 valence electrons. The fourth-order valence-corrected chi connectivity index (χ4v) is 4.51. The maximum atomic E-state index is 12.6. The Morgan fingerprint density at radius 1 is 1.41 bits per heavy atom. The molecule has 27 heavy (non-hydrogen) atoms. The van der Waals surface area contributed by atoms with Gasteiger partial charge in [0.2, 0.25) is 5.89 Å². The molecule has 1 saturated heterocycles. The van der Waals surface area contributed by atoms with E-state index in [0.29, 0.717) is 29.1 Å². The van der Waals surface area contributed by atoms with E-state index >= 15 is 0 Å². The fourth-order valence-electron chi connectivity index (χ4n) is 4.51. The minimum absolute atomic E-state index is 0.102. The van der Waals surface area contributed by atoms with Gasteiger partial charge in [0.25, 0.3) is 5.91 Å². The van der Waals surface area contributed by atoms with Crippen LogP contribution in [-0.4, -0.2) is 47.2 Å². The number of oxazole rings is 1. The van der Waals surface area contributed by atoms with Gasteiger partial charge < -0.3 is 20.4 Å². The van der Waals surface area contributed by atoms with Crippen LogP contribution in [0.3, 0.4) is 0 Å². The number of fused-ring (bicyclic) bond motifs is 1. The first-order valence-corrected chi connectivity index (χ1v) is 9.42. The lowest BCUT2D eigenvalue weighted by atomic mass is 9.92. The molecule has 4 N–H and O–H groups in total. The standard InChI is InChI=1S/C20H25N5O2/c1-25-7-2-3-12-9-14(11-17(12)25)24-19(26)18(22)15-5-4-13(10-16(15)21)20-23-6-8-27-20/h4-6,8,10,12,14,17,22H,2-3,7,9,11,21H2,1H3,(H,24,26). The number of carbonyl (C=O) groups excluding carboxylic acids is 1. The third-order valence-corrected chi connectivity index (χ3v) is 5.87. The van der Waals surface area contributed by atoms with Crippen molar-refractivity contribution >= 4 is 17.3 Å². The second-order valence-corrected chi connectivity index (χ2v) is 7.61. The number of hydrogen-bond acceptors (Lipinski definition) is 6. The van der Waals surface area contributed by atoms with E-state index in [0.717, 1.165) is 24.9 Å². The number of hydrogen-bond donors (Lipinski definition) is 3. The van der Waals surface area contributed by atoms with Gasteiger partial charge in [-0.25, -0.2) is 4.98 Å². The Balaban J connectivity index is 1.43. The second kappa shape index (κ2) is 7.15. The Morgan fingerprint density at radius 3 is 2.96 bits per heavy atom. The van der Waals surface area contributed by atoms with Gasteiger partial charge in [0.05, 0.1) is 6.20 Å². The van der Waals surface area contributed by atoms with Crippen molar-refractivity contribution in [2.45, 2.75) is 37.8 Å². The minimum Gasteiger partial charge on any atom is -0.445 e. The normalized spacial score (nSPS) is 25.1. The van der Waals surface area contributed by atoms with E-state index < -0.39 is 0 Å². The van der Waals surface area contributed by atoms with Crippen molar-refractivity contribution in [1.82, 2.24) is 15.2 Å². The van der Waals surface area contributed by atoms with E-state index in [4.69, 9.17) is 15.6 Å². The Kier molecular flexibility index (Phi) is 4.70. The van der Waals surface area contributed by atoms with Crippen LogP contribution in [0.4, 0.5) is 5.69 Å². The number of nitrogens with one attached hydrogen (secondary N) is 2. The van der Waals surface area contributed by atoms with Crippen LogP contribution in [0.5, 0.6) is 0 Å². The van der Waals surface area contributed by atoms with Crippen molar-refractivity contribution in [1.29, 1.82) is 5.41 Å². The summed E-state index contributed by atoms with van der Waals surface area (Å²) in [6.07, 6.45) is 7.46. The third kappa shape index (κ3) is 3.47. The molecule has 1 aliphatic heterocycles. The first-order chi connectivity index (χ1) is 13.0. The van der Waals surface area contributed by atoms with Crippen LogP contribution >= 0.6 is 0 Å². The number of aromatic nitrogens is 1. The Labute approximate surface area is 158 Å². The number of carbonyl (C=O) groups is 1. The van der Waals surface area contributed by atoms with Crippen LogP contribution in [-0.2, 0) is 4.79 Å². The van der Waals surface area contributed by atoms with Crippen molar-refractivity contribution < 1.29 is 9.21 Å². The number of amides is 1. The summed E-state index contributed by atoms with van der Waals surface area (Å²) in [4.78, 5) is 19.1. The Morgan fingerprint density at radius 2 is 2.26 bits per heavy atom. The molecule has 1 saturated carbocycles. The van der Waals surface area contributed by atoms with Gasteiger partial charge in [0, 0.05) is 28.9 Å². The van der Waals surface area contributed by atoms with Gasteiger partial charge in [-0.15, -0.1) is 0 Å². The predicted molar refractivity (Wildman–Crippen MR) is 103 cm³/mol. The molecule has 1 amide bonds. The molecule has 3 unspecified atom stereocenters. The highest BCUT2D eigenvalue weighted by atomic mass is 16.3. The van der Waals surface area contributed by atoms with Gasteiger partial charge in [-0.3, -0.25) is 10.2 Å². The molecule has 1 aliphatic carbocycles. The van der Waals surface area contributed by atoms with Gasteiger partial charge in [0.1, 0.15) is 12.0 Å². The summed E-state index contributed by atoms with van der Waals surface area (Å²) in [7, 11) is 2.17. The summed E-state index contributed by atoms with van der Waals surface area (Å²) in [6.45, 7) is 1.13. The van der Waals surface area contributed by atoms with Crippen LogP contribution in [0.25, 0.3) is 11.5 Å². The number of likely N-dealkylation sites (tertiary alicyclic amines) is 1. The largest absolute Gasteiger partial charge is 0.445 e. The van der Waals surface area contributed by atoms with E-state index in [1.165, 1.54) is 19.1 Å². The van der Waals surface area contributed by atoms with Crippen molar-refractivity contribution in [2.24, 2.45) is 5.92 Å². The van der Waals surface area contributed by atoms with Crippen LogP contribution in [0.1, 0.15) is 31.2 Å². The summed E-state index contributed by atoms with van der Waals surface area (Å²) in [5.41, 5.74) is 7.50. The summed E-state index contributed by atoms with van der Waals surface area (Å²) in [6, 6.07) is 5.80. The zero-order valence-corrected chi connectivity index (χ0v) is 15.4. The van der Waals surface area contributed by atoms with Crippen LogP contribution in [0.15, 0.2) is 35.1 Å². The van der Waals surface area contributed by atoms with E-state index in [9.17, 15) is 4.79 Å². The molecule has 0 spiro atoms. The summed E-state index contributed by atoms with van der Waals surface area (Å²) in [5.74, 6) is 0.743. The molecule has 1 aromatic carbocycles. The highest BCUT2D eigenvalue weighted by molar-refractivity contribution is 6.45. The molecular weight excluding hydrogens is 342 g/mol. The Hall–Kier alpha value is -2.67. The van der Waals surface area contributed by atoms with Gasteiger partial charge in [-0.2, -0.15) is 0 Å². The van der Waals surface area contributed by atoms with Crippen molar-refractivity contribution in [3.8, 4) is 11.5 Å². The maximum absolute atomic E-state index is 12.6. The molecule has 4 rings (SSSR count). The summed E-state index contributed by atoms with van der Waals surface area (Å²) < 4.78 is 5.26. The monoisotopic (exact) mass is 367 g/mol. The quantitative estimate of drug-likeness (QED) is 0.567. The zero-order chi connectivity index (χ0) is 19.0. The number of anilines is 1. The molecule has 2 heterocycles. The van der Waals surface area contributed by atoms with Gasteiger partial charge in [-0.1, -0.05) is 0 Å². The van der Waals surface area contributed by atoms with Gasteiger partial charge in [-0.05, 0) is 63.4 Å². The van der Waals surface area contributed by atoms with Gasteiger partial charge >= 0.3 is 0 Å². The summed E-state index contributed by atoms with van der Waals surface area (Å²) in [5, 5.41) is 11.3. The molecule has 0 bridgehead atoms. The van der Waals surface area contributed by atoms with Crippen LogP contribution in [0.2, 0.25) is 0 Å². The molecule has 7 nitrogen and oxygen atoms in total. The summed E-state index contributed by atoms with van der Waals surface area (Å²) >= 11 is 0. The smallest absolute Gasteiger partial charge is 0.270 e. The third-order valence-electron chi connectivity index (χ3n) is 5.87. The molecule has 0 radical (unpaired) electrons. The van der Waals surface area contributed by atoms with Gasteiger partial charge in [0.15, 0.2) is 0 Å². The van der Waals surface area contributed by atoms with Crippen molar-refractivity contribution in [2.75, 3.05) is 19.3 Å². The first-order valence-electron chi connectivity index (χ1n) is 9.42. The number of rotatable bonds is 4. The molecule has 2 fully saturated rings. The first kappa shape index (κ1) is 17.7. The number of nitrogen functional groups attached to an aromatic ring is 1. The maximum Gasteiger partial charge on any atom is 0.270 e. The molecule has 7 heteroatoms. The number of benzene rings is 1. The predicted octanol–water partition coefficient (Wildman–Crippen LogP) is 2.28. The molecular formula is C20H25N5O2. The lowest BCUT2D eigenvalue weighted by molar-refractivity contribution is -0.115. The lowest BCUT2D eigenvalue weighted by Crippen LogP contribution is -2.41. The highest BCUT2D eigenvalue weighted by Crippen LogP contribution is 2.36. The molecule has 2 aromatic rings. The SMILES string of the molecule is CN1CCCC2CC(NC(=O)C(=N)c3ccc(-c4ncco4)cc3N)CC21. The molecule has 2 aliphatic rings. The average Bonchev–Trinajstić information content (AvgIpc) is 3.31. The Bertz CT molecular complexity index is 848. The second-order valence-electron chi connectivity index (χ2n) is 7.61. The average molecular weight is 367 g/mol. The van der Waals surface area contributed by atoms with E-state index in [1.807, 2.05) is 0 Å². The van der Waals surface area contributed by atoms with E-state index in [1.54, 1.807) is 24.4 Å². The van der Waals surface area contributed by atoms with Crippen molar-refractivity contribution in [3.63, 3.8) is 0 Å². The lowest BCUT2D eigenvalue weighted by Gasteiger charge is -2.34. The van der Waals surface area contributed by atoms with Crippen LogP contribution < -0.4 is 11.1 Å². The van der Waals surface area contributed by atoms with Crippen LogP contribution in [0, 0.1) is 11.3 Å². The molecule has 1 aromatic heterocycles. The molecule has 3 atom stereocenters. The topological polar surface area (TPSA) is 108 Å². The number of nitrogens with two attached hydrogens (primary N) is 1. The number of piperidine rings is 1. The fraction of sp³-hybridized carbons (Fsp3) is 0.450. The zero-order valence-electron chi connectivity index (χ0n) is 15.4. The van der Waals surface area contributed by atoms with Crippen molar-refractivity contribution in [3.05, 3.63) is 36.2 Å². The minimum atomic E-state index is -0.364. The number of nitrogens with zero attached hydrogens (tertiary/aromatic N) is 2. The highest BCUT2D eigenvalue weighted by Gasteiger charge is 2.39.